The van der Waals surface area contributed by atoms with E-state index in [1.54, 1.807) is 34.8 Å². The van der Waals surface area contributed by atoms with Gasteiger partial charge in [0.15, 0.2) is 0 Å². The number of nitrogens with one attached hydrogen (secondary N) is 1. The van der Waals surface area contributed by atoms with Gasteiger partial charge in [-0.15, -0.1) is 0 Å². The monoisotopic (exact) mass is 460 g/mol. The molecule has 2 heterocycles. The quantitative estimate of drug-likeness (QED) is 0.563. The molecule has 0 spiro atoms. The first-order chi connectivity index (χ1) is 16.7. The first-order valence-corrected chi connectivity index (χ1v) is 11.2. The van der Waals surface area contributed by atoms with Crippen LogP contribution in [-0.4, -0.2) is 43.2 Å². The van der Waals surface area contributed by atoms with Crippen LogP contribution in [0.15, 0.2) is 59.6 Å². The van der Waals surface area contributed by atoms with Gasteiger partial charge in [0, 0.05) is 16.8 Å². The Morgan fingerprint density at radius 2 is 1.65 bits per heavy atom. The summed E-state index contributed by atoms with van der Waals surface area (Å²) in [6.45, 7) is 0. The topological polar surface area (TPSA) is 79.7 Å². The zero-order valence-electron chi connectivity index (χ0n) is 19.8. The molecule has 1 N–H and O–H groups in total. The summed E-state index contributed by atoms with van der Waals surface area (Å²) in [5.74, 6) is 3.83. The number of hydrogen-bond acceptors (Lipinski definition) is 7. The Bertz CT molecular complexity index is 1280. The zero-order valence-corrected chi connectivity index (χ0v) is 19.8. The van der Waals surface area contributed by atoms with Gasteiger partial charge < -0.3 is 24.3 Å². The van der Waals surface area contributed by atoms with Crippen LogP contribution in [0, 0.1) is 0 Å². The van der Waals surface area contributed by atoms with Gasteiger partial charge >= 0.3 is 0 Å². The first kappa shape index (κ1) is 21.9. The molecule has 2 aliphatic rings. The van der Waals surface area contributed by atoms with E-state index in [0.717, 1.165) is 59.1 Å². The van der Waals surface area contributed by atoms with Gasteiger partial charge in [-0.1, -0.05) is 0 Å². The summed E-state index contributed by atoms with van der Waals surface area (Å²) < 4.78 is 24.3. The van der Waals surface area contributed by atoms with E-state index in [1.807, 2.05) is 41.1 Å². The zero-order chi connectivity index (χ0) is 23.7. The molecule has 3 aromatic rings. The third-order valence-corrected chi connectivity index (χ3v) is 6.42. The van der Waals surface area contributed by atoms with Crippen molar-refractivity contribution in [3.8, 4) is 23.0 Å². The molecule has 0 radical (unpaired) electrons. The lowest BCUT2D eigenvalue weighted by molar-refractivity contribution is 0.391. The molecule has 0 bridgehead atoms. The summed E-state index contributed by atoms with van der Waals surface area (Å²) >= 11 is 0. The SMILES string of the molecule is COc1ccc(OC)c(/C=C2\CCCC3=C2Nc2ncnn2[C@H]3c2cc(OC)ccc2OC)c1. The average molecular weight is 461 g/mol. The Balaban J connectivity index is 1.68. The Kier molecular flexibility index (Phi) is 5.88. The van der Waals surface area contributed by atoms with Crippen LogP contribution in [0.2, 0.25) is 0 Å². The van der Waals surface area contributed by atoms with E-state index in [4.69, 9.17) is 18.9 Å². The van der Waals surface area contributed by atoms with E-state index >= 15 is 0 Å². The number of nitrogens with zero attached hydrogens (tertiary/aromatic N) is 3. The summed E-state index contributed by atoms with van der Waals surface area (Å²) in [5.41, 5.74) is 5.46. The fourth-order valence-electron chi connectivity index (χ4n) is 4.80. The summed E-state index contributed by atoms with van der Waals surface area (Å²) in [7, 11) is 6.71. The third kappa shape index (κ3) is 3.75. The Hall–Kier alpha value is -3.94. The Labute approximate surface area is 198 Å². The van der Waals surface area contributed by atoms with Crippen molar-refractivity contribution < 1.29 is 18.9 Å². The van der Waals surface area contributed by atoms with Crippen LogP contribution < -0.4 is 24.3 Å². The van der Waals surface area contributed by atoms with Gasteiger partial charge in [0.1, 0.15) is 35.4 Å². The van der Waals surface area contributed by atoms with Crippen molar-refractivity contribution >= 4 is 12.0 Å². The lowest BCUT2D eigenvalue weighted by atomic mass is 9.83. The number of ether oxygens (including phenoxy) is 4. The van der Waals surface area contributed by atoms with Crippen LogP contribution in [0.5, 0.6) is 23.0 Å². The third-order valence-electron chi connectivity index (χ3n) is 6.42. The normalized spacial score (nSPS) is 18.1. The molecule has 0 amide bonds. The van der Waals surface area contributed by atoms with Crippen LogP contribution in [0.25, 0.3) is 6.08 Å². The fraction of sp³-hybridized carbons (Fsp3) is 0.308. The van der Waals surface area contributed by atoms with Crippen molar-refractivity contribution in [2.45, 2.75) is 25.3 Å². The highest BCUT2D eigenvalue weighted by Crippen LogP contribution is 2.46. The predicted octanol–water partition coefficient (Wildman–Crippen LogP) is 4.85. The molecule has 8 heteroatoms. The molecule has 1 atom stereocenters. The van der Waals surface area contributed by atoms with Gasteiger partial charge in [-0.25, -0.2) is 4.68 Å². The van der Waals surface area contributed by atoms with E-state index in [9.17, 15) is 0 Å². The second-order valence-electron chi connectivity index (χ2n) is 8.19. The first-order valence-electron chi connectivity index (χ1n) is 11.2. The number of hydrogen-bond donors (Lipinski definition) is 1. The van der Waals surface area contributed by atoms with Crippen molar-refractivity contribution in [2.24, 2.45) is 0 Å². The van der Waals surface area contributed by atoms with Crippen LogP contribution in [-0.2, 0) is 0 Å². The summed E-state index contributed by atoms with van der Waals surface area (Å²) in [4.78, 5) is 4.49. The van der Waals surface area contributed by atoms with Crippen LogP contribution in [0.3, 0.4) is 0 Å². The number of methoxy groups -OCH3 is 4. The predicted molar refractivity (Wildman–Crippen MR) is 130 cm³/mol. The van der Waals surface area contributed by atoms with Gasteiger partial charge in [-0.3, -0.25) is 0 Å². The van der Waals surface area contributed by atoms with Crippen LogP contribution in [0.4, 0.5) is 5.95 Å². The maximum atomic E-state index is 5.74. The summed E-state index contributed by atoms with van der Waals surface area (Å²) in [5, 5.41) is 8.09. The number of aromatic nitrogens is 3. The summed E-state index contributed by atoms with van der Waals surface area (Å²) in [6.07, 6.45) is 6.64. The number of anilines is 1. The second kappa shape index (κ2) is 9.13. The number of allylic oxidation sites excluding steroid dienone is 2. The lowest BCUT2D eigenvalue weighted by Gasteiger charge is -2.35. The van der Waals surface area contributed by atoms with Gasteiger partial charge in [0.2, 0.25) is 5.95 Å². The van der Waals surface area contributed by atoms with Gasteiger partial charge in [-0.05, 0) is 72.9 Å². The van der Waals surface area contributed by atoms with Crippen molar-refractivity contribution in [1.29, 1.82) is 0 Å². The van der Waals surface area contributed by atoms with E-state index < -0.39 is 0 Å². The molecular formula is C26H28N4O4. The van der Waals surface area contributed by atoms with Gasteiger partial charge in [-0.2, -0.15) is 10.1 Å². The van der Waals surface area contributed by atoms with E-state index in [-0.39, 0.29) is 6.04 Å². The van der Waals surface area contributed by atoms with Crippen molar-refractivity contribution in [1.82, 2.24) is 14.8 Å². The maximum absolute atomic E-state index is 5.74. The molecular weight excluding hydrogens is 432 g/mol. The Morgan fingerprint density at radius 3 is 2.38 bits per heavy atom. The average Bonchev–Trinajstić information content (AvgIpc) is 3.35. The molecule has 1 aliphatic carbocycles. The summed E-state index contributed by atoms with van der Waals surface area (Å²) in [6, 6.07) is 11.5. The van der Waals surface area contributed by atoms with E-state index in [1.165, 1.54) is 11.1 Å². The molecule has 34 heavy (non-hydrogen) atoms. The van der Waals surface area contributed by atoms with Crippen LogP contribution in [0.1, 0.15) is 36.4 Å². The largest absolute Gasteiger partial charge is 0.497 e. The number of fused-ring (bicyclic) bond motifs is 1. The molecule has 5 rings (SSSR count). The molecule has 8 nitrogen and oxygen atoms in total. The van der Waals surface area contributed by atoms with Gasteiger partial charge in [0.25, 0.3) is 0 Å². The minimum atomic E-state index is -0.158. The van der Waals surface area contributed by atoms with Crippen molar-refractivity contribution in [3.63, 3.8) is 0 Å². The molecule has 0 unspecified atom stereocenters. The minimum absolute atomic E-state index is 0.158. The highest BCUT2D eigenvalue weighted by molar-refractivity contribution is 5.69. The minimum Gasteiger partial charge on any atom is -0.497 e. The Morgan fingerprint density at radius 1 is 0.912 bits per heavy atom. The molecule has 0 saturated carbocycles. The number of rotatable bonds is 6. The van der Waals surface area contributed by atoms with E-state index in [2.05, 4.69) is 21.5 Å². The smallest absolute Gasteiger partial charge is 0.226 e. The molecule has 1 aliphatic heterocycles. The van der Waals surface area contributed by atoms with Crippen LogP contribution >= 0.6 is 0 Å². The van der Waals surface area contributed by atoms with Crippen molar-refractivity contribution in [2.75, 3.05) is 33.8 Å². The molecule has 0 saturated heterocycles. The highest BCUT2D eigenvalue weighted by atomic mass is 16.5. The lowest BCUT2D eigenvalue weighted by Crippen LogP contribution is -2.28. The molecule has 176 valence electrons. The second-order valence-corrected chi connectivity index (χ2v) is 8.19. The highest BCUT2D eigenvalue weighted by Gasteiger charge is 2.35. The van der Waals surface area contributed by atoms with E-state index in [0.29, 0.717) is 5.95 Å². The van der Waals surface area contributed by atoms with Crippen molar-refractivity contribution in [3.05, 3.63) is 70.7 Å². The maximum Gasteiger partial charge on any atom is 0.226 e. The molecule has 2 aromatic carbocycles. The standard InChI is InChI=1S/C26H28N4O4/c1-31-18-8-10-22(33-3)17(13-18)12-16-6-5-7-20-24(16)29-26-27-15-28-30(26)25(20)21-14-19(32-2)9-11-23(21)34-4/h8-15,25H,5-7H2,1-4H3,(H,27,28,29)/b16-12+/t25-/m1/s1. The molecule has 1 aromatic heterocycles. The van der Waals surface area contributed by atoms with Gasteiger partial charge in [0.05, 0.1) is 28.4 Å². The number of benzene rings is 2. The fourth-order valence-corrected chi connectivity index (χ4v) is 4.80. The molecule has 0 fully saturated rings.